The molecule has 0 saturated heterocycles. The number of aryl methyl sites for hydroxylation is 1. The highest BCUT2D eigenvalue weighted by molar-refractivity contribution is 7.92. The number of ether oxygens (including phenoxy) is 1. The monoisotopic (exact) mass is 432 g/mol. The summed E-state index contributed by atoms with van der Waals surface area (Å²) in [6, 6.07) is 13.5. The van der Waals surface area contributed by atoms with E-state index in [9.17, 15) is 13.2 Å². The van der Waals surface area contributed by atoms with E-state index in [-0.39, 0.29) is 11.9 Å². The normalized spacial score (nSPS) is 13.6. The summed E-state index contributed by atoms with van der Waals surface area (Å²) in [5, 5.41) is 3.05. The second kappa shape index (κ2) is 9.98. The lowest BCUT2D eigenvalue weighted by molar-refractivity contribution is -0.122. The molecule has 0 fully saturated rings. The third kappa shape index (κ3) is 6.23. The van der Waals surface area contributed by atoms with E-state index in [4.69, 9.17) is 4.74 Å². The summed E-state index contributed by atoms with van der Waals surface area (Å²) in [7, 11) is -2.05. The van der Waals surface area contributed by atoms with Crippen molar-refractivity contribution in [2.24, 2.45) is 5.92 Å². The van der Waals surface area contributed by atoms with Crippen molar-refractivity contribution in [3.8, 4) is 5.75 Å². The number of anilines is 1. The Kier molecular flexibility index (Phi) is 7.89. The van der Waals surface area contributed by atoms with E-state index in [0.29, 0.717) is 11.6 Å². The van der Waals surface area contributed by atoms with Gasteiger partial charge in [-0.3, -0.25) is 9.10 Å². The second-order valence-electron chi connectivity index (χ2n) is 8.03. The van der Waals surface area contributed by atoms with Crippen LogP contribution in [-0.4, -0.2) is 33.7 Å². The average Bonchev–Trinajstić information content (AvgIpc) is 2.67. The van der Waals surface area contributed by atoms with Crippen molar-refractivity contribution in [1.82, 2.24) is 5.32 Å². The Bertz CT molecular complexity index is 938. The van der Waals surface area contributed by atoms with Gasteiger partial charge in [-0.2, -0.15) is 0 Å². The van der Waals surface area contributed by atoms with Gasteiger partial charge in [0.25, 0.3) is 0 Å². The van der Waals surface area contributed by atoms with Gasteiger partial charge in [0.2, 0.25) is 15.9 Å². The van der Waals surface area contributed by atoms with E-state index in [1.54, 1.807) is 26.2 Å². The molecule has 1 amide bonds. The number of carbonyl (C=O) groups is 1. The smallest absolute Gasteiger partial charge is 0.244 e. The first-order chi connectivity index (χ1) is 14.0. The largest absolute Gasteiger partial charge is 0.497 e. The first kappa shape index (κ1) is 23.7. The van der Waals surface area contributed by atoms with Gasteiger partial charge in [-0.05, 0) is 56.0 Å². The minimum Gasteiger partial charge on any atom is -0.497 e. The van der Waals surface area contributed by atoms with Crippen LogP contribution in [0, 0.1) is 12.8 Å². The number of amides is 1. The summed E-state index contributed by atoms with van der Waals surface area (Å²) in [4.78, 5) is 13.1. The Morgan fingerprint density at radius 2 is 1.60 bits per heavy atom. The number of nitrogens with zero attached hydrogens (tertiary/aromatic N) is 1. The van der Waals surface area contributed by atoms with Crippen molar-refractivity contribution < 1.29 is 17.9 Å². The fraction of sp³-hybridized carbons (Fsp3) is 0.435. The maximum atomic E-state index is 13.1. The maximum absolute atomic E-state index is 13.1. The Morgan fingerprint density at radius 3 is 2.07 bits per heavy atom. The molecule has 1 N–H and O–H groups in total. The molecule has 0 spiro atoms. The molecule has 0 bridgehead atoms. The van der Waals surface area contributed by atoms with Crippen molar-refractivity contribution in [2.75, 3.05) is 17.7 Å². The van der Waals surface area contributed by atoms with Crippen molar-refractivity contribution in [1.29, 1.82) is 0 Å². The molecule has 0 heterocycles. The van der Waals surface area contributed by atoms with Crippen LogP contribution >= 0.6 is 0 Å². The molecule has 164 valence electrons. The molecule has 2 atom stereocenters. The van der Waals surface area contributed by atoms with Gasteiger partial charge in [0.05, 0.1) is 25.1 Å². The average molecular weight is 433 g/mol. The SMILES string of the molecule is COc1ccc([C@@H](CC(C)C)NC(=O)[C@H](C)N(c2ccc(C)cc2)S(C)(=O)=O)cc1. The lowest BCUT2D eigenvalue weighted by Gasteiger charge is -2.30. The molecule has 0 unspecified atom stereocenters. The van der Waals surface area contributed by atoms with Crippen molar-refractivity contribution in [3.05, 3.63) is 59.7 Å². The quantitative estimate of drug-likeness (QED) is 0.648. The van der Waals surface area contributed by atoms with Crippen LogP contribution in [0.25, 0.3) is 0 Å². The number of methoxy groups -OCH3 is 1. The van der Waals surface area contributed by atoms with Crippen LogP contribution in [0.4, 0.5) is 5.69 Å². The highest BCUT2D eigenvalue weighted by atomic mass is 32.2. The highest BCUT2D eigenvalue weighted by Crippen LogP contribution is 2.25. The molecule has 0 radical (unpaired) electrons. The van der Waals surface area contributed by atoms with E-state index in [0.717, 1.165) is 29.6 Å². The van der Waals surface area contributed by atoms with Gasteiger partial charge >= 0.3 is 0 Å². The Labute approximate surface area is 180 Å². The van der Waals surface area contributed by atoms with Crippen LogP contribution in [0.1, 0.15) is 44.4 Å². The van der Waals surface area contributed by atoms with Gasteiger partial charge in [-0.15, -0.1) is 0 Å². The van der Waals surface area contributed by atoms with E-state index < -0.39 is 16.1 Å². The zero-order valence-corrected chi connectivity index (χ0v) is 19.4. The fourth-order valence-electron chi connectivity index (χ4n) is 3.38. The molecule has 0 aliphatic heterocycles. The Hall–Kier alpha value is -2.54. The van der Waals surface area contributed by atoms with Gasteiger partial charge in [-0.1, -0.05) is 43.7 Å². The summed E-state index contributed by atoms with van der Waals surface area (Å²) in [6.07, 6.45) is 1.85. The molecule has 2 aromatic rings. The predicted octanol–water partition coefficient (Wildman–Crippen LogP) is 4.06. The molecule has 7 heteroatoms. The van der Waals surface area contributed by atoms with Gasteiger partial charge in [0.1, 0.15) is 11.8 Å². The number of hydrogen-bond donors (Lipinski definition) is 1. The lowest BCUT2D eigenvalue weighted by atomic mass is 9.96. The number of benzene rings is 2. The highest BCUT2D eigenvalue weighted by Gasteiger charge is 2.30. The fourth-order valence-corrected chi connectivity index (χ4v) is 4.55. The number of sulfonamides is 1. The van der Waals surface area contributed by atoms with Crippen LogP contribution in [0.5, 0.6) is 5.75 Å². The molecule has 0 aliphatic rings. The Balaban J connectivity index is 2.30. The number of carbonyl (C=O) groups excluding carboxylic acids is 1. The first-order valence-electron chi connectivity index (χ1n) is 10.0. The van der Waals surface area contributed by atoms with E-state index in [1.807, 2.05) is 43.3 Å². The van der Waals surface area contributed by atoms with Crippen molar-refractivity contribution >= 4 is 21.6 Å². The summed E-state index contributed by atoms with van der Waals surface area (Å²) in [5.74, 6) is 0.739. The summed E-state index contributed by atoms with van der Waals surface area (Å²) in [6.45, 7) is 7.70. The molecule has 0 aromatic heterocycles. The molecule has 30 heavy (non-hydrogen) atoms. The van der Waals surface area contributed by atoms with E-state index >= 15 is 0 Å². The second-order valence-corrected chi connectivity index (χ2v) is 9.89. The van der Waals surface area contributed by atoms with Gasteiger partial charge < -0.3 is 10.1 Å². The molecular formula is C23H32N2O4S. The molecule has 2 rings (SSSR count). The molecule has 0 aliphatic carbocycles. The van der Waals surface area contributed by atoms with E-state index in [1.165, 1.54) is 4.31 Å². The topological polar surface area (TPSA) is 75.7 Å². The summed E-state index contributed by atoms with van der Waals surface area (Å²) >= 11 is 0. The Morgan fingerprint density at radius 1 is 1.03 bits per heavy atom. The molecule has 0 saturated carbocycles. The molecule has 2 aromatic carbocycles. The standard InChI is InChI=1S/C23H32N2O4S/c1-16(2)15-22(19-9-13-21(29-5)14-10-19)24-23(26)18(4)25(30(6,27)28)20-11-7-17(3)8-12-20/h7-14,16,18,22H,15H2,1-6H3,(H,24,26)/t18-,22+/m0/s1. The first-order valence-corrected chi connectivity index (χ1v) is 11.9. The van der Waals surface area contributed by atoms with Crippen LogP contribution in [0.2, 0.25) is 0 Å². The van der Waals surface area contributed by atoms with Crippen LogP contribution in [0.3, 0.4) is 0 Å². The predicted molar refractivity (Wildman–Crippen MR) is 121 cm³/mol. The lowest BCUT2D eigenvalue weighted by Crippen LogP contribution is -2.48. The van der Waals surface area contributed by atoms with E-state index in [2.05, 4.69) is 19.2 Å². The van der Waals surface area contributed by atoms with Crippen LogP contribution < -0.4 is 14.4 Å². The molecular weight excluding hydrogens is 400 g/mol. The van der Waals surface area contributed by atoms with Crippen LogP contribution in [-0.2, 0) is 14.8 Å². The zero-order chi connectivity index (χ0) is 22.5. The van der Waals surface area contributed by atoms with Gasteiger partial charge in [0.15, 0.2) is 0 Å². The number of rotatable bonds is 9. The summed E-state index contributed by atoms with van der Waals surface area (Å²) in [5.41, 5.74) is 2.43. The van der Waals surface area contributed by atoms with Gasteiger partial charge in [-0.25, -0.2) is 8.42 Å². The van der Waals surface area contributed by atoms with Crippen molar-refractivity contribution in [2.45, 2.75) is 46.2 Å². The van der Waals surface area contributed by atoms with Crippen molar-refractivity contribution in [3.63, 3.8) is 0 Å². The molecule has 6 nitrogen and oxygen atoms in total. The van der Waals surface area contributed by atoms with Crippen LogP contribution in [0.15, 0.2) is 48.5 Å². The van der Waals surface area contributed by atoms with Gasteiger partial charge in [0, 0.05) is 0 Å². The number of nitrogens with one attached hydrogen (secondary N) is 1. The maximum Gasteiger partial charge on any atom is 0.244 e. The number of hydrogen-bond acceptors (Lipinski definition) is 4. The zero-order valence-electron chi connectivity index (χ0n) is 18.5. The summed E-state index contributed by atoms with van der Waals surface area (Å²) < 4.78 is 31.4. The minimum absolute atomic E-state index is 0.231. The third-order valence-corrected chi connectivity index (χ3v) is 6.16. The third-order valence-electron chi connectivity index (χ3n) is 4.92. The minimum atomic E-state index is -3.65.